The van der Waals surface area contributed by atoms with E-state index in [2.05, 4.69) is 12.2 Å². The topological polar surface area (TPSA) is 26.3 Å². The summed E-state index contributed by atoms with van der Waals surface area (Å²) in [6.07, 6.45) is 9.84. The lowest BCUT2D eigenvalue weighted by Crippen LogP contribution is -2.16. The number of ether oxygens (including phenoxy) is 1. The maximum absolute atomic E-state index is 10.7. The summed E-state index contributed by atoms with van der Waals surface area (Å²) >= 11 is 0. The first-order chi connectivity index (χ1) is 5.79. The molecule has 1 unspecified atom stereocenters. The molecule has 68 valence electrons. The van der Waals surface area contributed by atoms with Crippen LogP contribution in [0.2, 0.25) is 0 Å². The van der Waals surface area contributed by atoms with Crippen LogP contribution in [0.5, 0.6) is 0 Å². The van der Waals surface area contributed by atoms with Crippen molar-refractivity contribution in [1.29, 1.82) is 0 Å². The van der Waals surface area contributed by atoms with Crippen LogP contribution in [0.4, 0.5) is 0 Å². The van der Waals surface area contributed by atoms with Crippen LogP contribution in [-0.4, -0.2) is 12.1 Å². The lowest BCUT2D eigenvalue weighted by Gasteiger charge is -2.16. The van der Waals surface area contributed by atoms with Gasteiger partial charge in [0.05, 0.1) is 0 Å². The van der Waals surface area contributed by atoms with Gasteiger partial charge in [-0.25, -0.2) is 0 Å². The summed E-state index contributed by atoms with van der Waals surface area (Å²) in [4.78, 5) is 10.7. The molecule has 0 radical (unpaired) electrons. The summed E-state index contributed by atoms with van der Waals surface area (Å²) in [5, 5.41) is 0. The Bertz CT molecular complexity index is 173. The van der Waals surface area contributed by atoms with Crippen molar-refractivity contribution in [2.24, 2.45) is 0 Å². The Balaban J connectivity index is 2.32. The highest BCUT2D eigenvalue weighted by Crippen LogP contribution is 2.15. The number of esters is 1. The molecule has 0 aromatic carbocycles. The lowest BCUT2D eigenvalue weighted by atomic mass is 10.0. The Kier molecular flexibility index (Phi) is 3.85. The molecule has 2 nitrogen and oxygen atoms in total. The zero-order chi connectivity index (χ0) is 8.81. The smallest absolute Gasteiger partial charge is 0.302 e. The number of hydrogen-bond donors (Lipinski definition) is 0. The lowest BCUT2D eigenvalue weighted by molar-refractivity contribution is -0.147. The third-order valence-corrected chi connectivity index (χ3v) is 2.05. The van der Waals surface area contributed by atoms with Crippen LogP contribution in [0.3, 0.4) is 0 Å². The van der Waals surface area contributed by atoms with Gasteiger partial charge in [0, 0.05) is 6.92 Å². The molecule has 1 aliphatic carbocycles. The van der Waals surface area contributed by atoms with Crippen molar-refractivity contribution in [2.45, 2.75) is 45.1 Å². The Morgan fingerprint density at radius 1 is 1.33 bits per heavy atom. The zero-order valence-corrected chi connectivity index (χ0v) is 7.58. The third kappa shape index (κ3) is 3.56. The minimum atomic E-state index is -0.149. The Morgan fingerprint density at radius 3 is 2.83 bits per heavy atom. The van der Waals surface area contributed by atoms with Gasteiger partial charge >= 0.3 is 5.97 Å². The fourth-order valence-electron chi connectivity index (χ4n) is 1.48. The average Bonchev–Trinajstić information content (AvgIpc) is 1.93. The van der Waals surface area contributed by atoms with Crippen molar-refractivity contribution in [2.75, 3.05) is 0 Å². The van der Waals surface area contributed by atoms with Crippen LogP contribution in [0, 0.1) is 0 Å². The van der Waals surface area contributed by atoms with Gasteiger partial charge in [0.15, 0.2) is 0 Å². The molecule has 0 spiro atoms. The first-order valence-electron chi connectivity index (χ1n) is 4.61. The van der Waals surface area contributed by atoms with E-state index in [-0.39, 0.29) is 12.1 Å². The molecular formula is C10H16O2. The van der Waals surface area contributed by atoms with Crippen molar-refractivity contribution in [3.8, 4) is 0 Å². The van der Waals surface area contributed by atoms with Crippen molar-refractivity contribution < 1.29 is 9.53 Å². The van der Waals surface area contributed by atoms with Gasteiger partial charge in [-0.05, 0) is 32.1 Å². The maximum atomic E-state index is 10.7. The van der Waals surface area contributed by atoms with Crippen LogP contribution in [-0.2, 0) is 9.53 Å². The standard InChI is InChI=1S/C10H16O2/c1-9(11)12-10-7-5-3-2-4-6-8-10/h2-3,10H,4-8H2,1H3/b3-2+. The molecule has 1 aliphatic rings. The molecule has 1 atom stereocenters. The molecule has 0 N–H and O–H groups in total. The Labute approximate surface area is 73.6 Å². The molecule has 1 rings (SSSR count). The molecule has 0 aliphatic heterocycles. The van der Waals surface area contributed by atoms with Gasteiger partial charge in [0.1, 0.15) is 6.10 Å². The zero-order valence-electron chi connectivity index (χ0n) is 7.58. The van der Waals surface area contributed by atoms with Crippen molar-refractivity contribution in [3.63, 3.8) is 0 Å². The quantitative estimate of drug-likeness (QED) is 0.444. The van der Waals surface area contributed by atoms with Crippen molar-refractivity contribution in [3.05, 3.63) is 12.2 Å². The number of rotatable bonds is 1. The molecule has 0 aromatic heterocycles. The summed E-state index contributed by atoms with van der Waals surface area (Å²) in [7, 11) is 0. The predicted molar refractivity (Wildman–Crippen MR) is 47.8 cm³/mol. The second-order valence-corrected chi connectivity index (χ2v) is 3.21. The van der Waals surface area contributed by atoms with Crippen molar-refractivity contribution >= 4 is 5.97 Å². The van der Waals surface area contributed by atoms with Gasteiger partial charge in [-0.1, -0.05) is 12.2 Å². The molecule has 0 bridgehead atoms. The van der Waals surface area contributed by atoms with Gasteiger partial charge in [0.2, 0.25) is 0 Å². The minimum Gasteiger partial charge on any atom is -0.463 e. The fourth-order valence-corrected chi connectivity index (χ4v) is 1.48. The van der Waals surface area contributed by atoms with E-state index in [1.165, 1.54) is 6.92 Å². The average molecular weight is 168 g/mol. The summed E-state index contributed by atoms with van der Waals surface area (Å²) in [5.74, 6) is -0.149. The summed E-state index contributed by atoms with van der Waals surface area (Å²) in [5.41, 5.74) is 0. The van der Waals surface area contributed by atoms with Crippen LogP contribution in [0.1, 0.15) is 39.0 Å². The van der Waals surface area contributed by atoms with E-state index in [4.69, 9.17) is 4.74 Å². The Morgan fingerprint density at radius 2 is 2.08 bits per heavy atom. The Hall–Kier alpha value is -0.790. The SMILES string of the molecule is CC(=O)OC1CC/C=C/CCC1. The summed E-state index contributed by atoms with van der Waals surface area (Å²) in [6.45, 7) is 1.48. The molecule has 0 fully saturated rings. The molecule has 0 heterocycles. The van der Waals surface area contributed by atoms with E-state index in [1.54, 1.807) is 0 Å². The van der Waals surface area contributed by atoms with Gasteiger partial charge in [0.25, 0.3) is 0 Å². The van der Waals surface area contributed by atoms with Crippen LogP contribution >= 0.6 is 0 Å². The highest BCUT2D eigenvalue weighted by Gasteiger charge is 2.11. The van der Waals surface area contributed by atoms with Crippen LogP contribution < -0.4 is 0 Å². The fraction of sp³-hybridized carbons (Fsp3) is 0.700. The van der Waals surface area contributed by atoms with Gasteiger partial charge in [-0.15, -0.1) is 0 Å². The van der Waals surface area contributed by atoms with E-state index in [0.717, 1.165) is 32.1 Å². The van der Waals surface area contributed by atoms with Gasteiger partial charge in [-0.3, -0.25) is 4.79 Å². The summed E-state index contributed by atoms with van der Waals surface area (Å²) in [6, 6.07) is 0. The molecule has 0 aromatic rings. The monoisotopic (exact) mass is 168 g/mol. The van der Waals surface area contributed by atoms with E-state index in [9.17, 15) is 4.79 Å². The number of allylic oxidation sites excluding steroid dienone is 2. The molecule has 2 heteroatoms. The van der Waals surface area contributed by atoms with E-state index in [1.807, 2.05) is 0 Å². The summed E-state index contributed by atoms with van der Waals surface area (Å²) < 4.78 is 5.15. The van der Waals surface area contributed by atoms with E-state index < -0.39 is 0 Å². The maximum Gasteiger partial charge on any atom is 0.302 e. The second-order valence-electron chi connectivity index (χ2n) is 3.21. The molecule has 0 saturated carbocycles. The molecule has 0 saturated heterocycles. The van der Waals surface area contributed by atoms with Crippen LogP contribution in [0.15, 0.2) is 12.2 Å². The first kappa shape index (κ1) is 9.30. The number of hydrogen-bond acceptors (Lipinski definition) is 2. The minimum absolute atomic E-state index is 0.149. The third-order valence-electron chi connectivity index (χ3n) is 2.05. The highest BCUT2D eigenvalue weighted by atomic mass is 16.5. The molecular weight excluding hydrogens is 152 g/mol. The number of carbonyl (C=O) groups excluding carboxylic acids is 1. The normalized spacial score (nSPS) is 26.9. The van der Waals surface area contributed by atoms with E-state index >= 15 is 0 Å². The number of carbonyl (C=O) groups is 1. The van der Waals surface area contributed by atoms with E-state index in [0.29, 0.717) is 0 Å². The molecule has 0 amide bonds. The second kappa shape index (κ2) is 4.96. The molecule has 12 heavy (non-hydrogen) atoms. The van der Waals surface area contributed by atoms with Gasteiger partial charge in [-0.2, -0.15) is 0 Å². The first-order valence-corrected chi connectivity index (χ1v) is 4.61. The van der Waals surface area contributed by atoms with Crippen LogP contribution in [0.25, 0.3) is 0 Å². The largest absolute Gasteiger partial charge is 0.463 e. The van der Waals surface area contributed by atoms with Crippen molar-refractivity contribution in [1.82, 2.24) is 0 Å². The highest BCUT2D eigenvalue weighted by molar-refractivity contribution is 5.66. The predicted octanol–water partition coefficient (Wildman–Crippen LogP) is 2.44. The van der Waals surface area contributed by atoms with Gasteiger partial charge < -0.3 is 4.74 Å².